The standard InChI is InChI=1S/C26H33N3O4/c1-32-23-9-2-3-10-24(23)33-18-25(30)28-21-13-11-19(12-14-21)26(31)27-17-20-7-6-16-29-15-5-4-8-22(20)29/h2-3,9-14,20,22H,4-8,15-18H2,1H3,(H,27,31)(H,28,30). The van der Waals surface area contributed by atoms with E-state index in [4.69, 9.17) is 9.47 Å². The lowest BCUT2D eigenvalue weighted by molar-refractivity contribution is -0.118. The molecule has 2 aliphatic heterocycles. The number of hydrogen-bond donors (Lipinski definition) is 2. The average Bonchev–Trinajstić information content (AvgIpc) is 2.86. The minimum atomic E-state index is -0.285. The predicted octanol–water partition coefficient (Wildman–Crippen LogP) is 3.71. The lowest BCUT2D eigenvalue weighted by atomic mass is 9.83. The zero-order chi connectivity index (χ0) is 23.0. The van der Waals surface area contributed by atoms with Gasteiger partial charge in [0.25, 0.3) is 11.8 Å². The Hall–Kier alpha value is -3.06. The van der Waals surface area contributed by atoms with E-state index < -0.39 is 0 Å². The lowest BCUT2D eigenvalue weighted by Crippen LogP contribution is -2.51. The number of nitrogens with one attached hydrogen (secondary N) is 2. The van der Waals surface area contributed by atoms with Gasteiger partial charge in [-0.05, 0) is 81.1 Å². The molecule has 7 nitrogen and oxygen atoms in total. The quantitative estimate of drug-likeness (QED) is 0.640. The number of ether oxygens (including phenoxy) is 2. The largest absolute Gasteiger partial charge is 0.493 e. The maximum atomic E-state index is 12.7. The first-order valence-corrected chi connectivity index (χ1v) is 11.8. The van der Waals surface area contributed by atoms with E-state index in [0.717, 1.165) is 6.54 Å². The fourth-order valence-electron chi connectivity index (χ4n) is 4.92. The van der Waals surface area contributed by atoms with Gasteiger partial charge >= 0.3 is 0 Å². The molecule has 2 fully saturated rings. The Bertz CT molecular complexity index is 945. The molecule has 4 rings (SSSR count). The number of nitrogens with zero attached hydrogens (tertiary/aromatic N) is 1. The van der Waals surface area contributed by atoms with Crippen molar-refractivity contribution in [2.24, 2.45) is 5.92 Å². The van der Waals surface area contributed by atoms with E-state index in [1.54, 1.807) is 43.5 Å². The number of fused-ring (bicyclic) bond motifs is 1. The molecule has 2 saturated heterocycles. The molecule has 2 N–H and O–H groups in total. The number of methoxy groups -OCH3 is 1. The third kappa shape index (κ3) is 6.05. The van der Waals surface area contributed by atoms with Crippen LogP contribution in [0, 0.1) is 5.92 Å². The summed E-state index contributed by atoms with van der Waals surface area (Å²) in [6.07, 6.45) is 6.24. The highest BCUT2D eigenvalue weighted by Gasteiger charge is 2.32. The molecule has 0 saturated carbocycles. The molecule has 176 valence electrons. The second kappa shape index (κ2) is 11.2. The molecule has 2 unspecified atom stereocenters. The zero-order valence-electron chi connectivity index (χ0n) is 19.2. The molecular formula is C26H33N3O4. The summed E-state index contributed by atoms with van der Waals surface area (Å²) in [5.74, 6) is 1.26. The highest BCUT2D eigenvalue weighted by atomic mass is 16.5. The van der Waals surface area contributed by atoms with Gasteiger partial charge in [0, 0.05) is 23.8 Å². The Morgan fingerprint density at radius 2 is 1.73 bits per heavy atom. The summed E-state index contributed by atoms with van der Waals surface area (Å²) in [6, 6.07) is 14.7. The normalized spacial score (nSPS) is 20.4. The molecule has 7 heteroatoms. The molecule has 0 aliphatic carbocycles. The summed E-state index contributed by atoms with van der Waals surface area (Å²) >= 11 is 0. The van der Waals surface area contributed by atoms with Crippen LogP contribution in [0.1, 0.15) is 42.5 Å². The maximum Gasteiger partial charge on any atom is 0.262 e. The van der Waals surface area contributed by atoms with Crippen molar-refractivity contribution in [3.8, 4) is 11.5 Å². The Morgan fingerprint density at radius 1 is 0.970 bits per heavy atom. The first-order chi connectivity index (χ1) is 16.1. The summed E-state index contributed by atoms with van der Waals surface area (Å²) in [7, 11) is 1.56. The van der Waals surface area contributed by atoms with Gasteiger partial charge in [-0.3, -0.25) is 9.59 Å². The minimum Gasteiger partial charge on any atom is -0.493 e. The molecule has 0 bridgehead atoms. The monoisotopic (exact) mass is 451 g/mol. The number of hydrogen-bond acceptors (Lipinski definition) is 5. The van der Waals surface area contributed by atoms with Gasteiger partial charge < -0.3 is 25.0 Å². The second-order valence-corrected chi connectivity index (χ2v) is 8.78. The van der Waals surface area contributed by atoms with Crippen LogP contribution in [0.25, 0.3) is 0 Å². The lowest BCUT2D eigenvalue weighted by Gasteiger charge is -2.44. The highest BCUT2D eigenvalue weighted by molar-refractivity contribution is 5.96. The van der Waals surface area contributed by atoms with Crippen molar-refractivity contribution in [1.29, 1.82) is 0 Å². The number of amides is 2. The van der Waals surface area contributed by atoms with E-state index >= 15 is 0 Å². The van der Waals surface area contributed by atoms with E-state index in [9.17, 15) is 9.59 Å². The highest BCUT2D eigenvalue weighted by Crippen LogP contribution is 2.30. The van der Waals surface area contributed by atoms with Crippen molar-refractivity contribution >= 4 is 17.5 Å². The van der Waals surface area contributed by atoms with Gasteiger partial charge in [0.1, 0.15) is 0 Å². The third-order valence-electron chi connectivity index (χ3n) is 6.61. The summed E-state index contributed by atoms with van der Waals surface area (Å²) in [4.78, 5) is 27.5. The third-order valence-corrected chi connectivity index (χ3v) is 6.61. The number of piperidine rings is 2. The van der Waals surface area contributed by atoms with Crippen LogP contribution >= 0.6 is 0 Å². The van der Waals surface area contributed by atoms with Gasteiger partial charge in [0.05, 0.1) is 7.11 Å². The van der Waals surface area contributed by atoms with E-state index in [-0.39, 0.29) is 18.4 Å². The molecule has 2 amide bonds. The maximum absolute atomic E-state index is 12.7. The summed E-state index contributed by atoms with van der Waals surface area (Å²) in [5, 5.41) is 5.92. The number of carbonyl (C=O) groups excluding carboxylic acids is 2. The van der Waals surface area contributed by atoms with Crippen LogP contribution in [-0.4, -0.2) is 56.1 Å². The molecule has 2 aliphatic rings. The van der Waals surface area contributed by atoms with Crippen molar-refractivity contribution < 1.29 is 19.1 Å². The topological polar surface area (TPSA) is 79.9 Å². The van der Waals surface area contributed by atoms with Crippen LogP contribution in [0.2, 0.25) is 0 Å². The van der Waals surface area contributed by atoms with Crippen molar-refractivity contribution in [3.63, 3.8) is 0 Å². The number of carbonyl (C=O) groups is 2. The summed E-state index contributed by atoms with van der Waals surface area (Å²) in [5.41, 5.74) is 1.21. The molecule has 33 heavy (non-hydrogen) atoms. The van der Waals surface area contributed by atoms with Gasteiger partial charge in [-0.2, -0.15) is 0 Å². The summed E-state index contributed by atoms with van der Waals surface area (Å²) in [6.45, 7) is 2.99. The van der Waals surface area contributed by atoms with Crippen LogP contribution in [0.3, 0.4) is 0 Å². The van der Waals surface area contributed by atoms with E-state index in [0.29, 0.717) is 34.7 Å². The van der Waals surface area contributed by atoms with Crippen LogP contribution in [0.15, 0.2) is 48.5 Å². The van der Waals surface area contributed by atoms with Crippen LogP contribution in [0.5, 0.6) is 11.5 Å². The number of para-hydroxylation sites is 2. The molecule has 0 spiro atoms. The van der Waals surface area contributed by atoms with E-state index in [1.807, 2.05) is 12.1 Å². The molecule has 0 radical (unpaired) electrons. The fraction of sp³-hybridized carbons (Fsp3) is 0.462. The molecular weight excluding hydrogens is 418 g/mol. The van der Waals surface area contributed by atoms with Crippen molar-refractivity contribution in [2.45, 2.75) is 38.1 Å². The Balaban J connectivity index is 1.24. The molecule has 2 atom stereocenters. The van der Waals surface area contributed by atoms with Crippen molar-refractivity contribution in [2.75, 3.05) is 38.7 Å². The fourth-order valence-corrected chi connectivity index (χ4v) is 4.92. The van der Waals surface area contributed by atoms with Crippen molar-refractivity contribution in [3.05, 3.63) is 54.1 Å². The Morgan fingerprint density at radius 3 is 2.52 bits per heavy atom. The van der Waals surface area contributed by atoms with E-state index in [1.165, 1.54) is 45.2 Å². The smallest absolute Gasteiger partial charge is 0.262 e. The van der Waals surface area contributed by atoms with E-state index in [2.05, 4.69) is 15.5 Å². The molecule has 2 heterocycles. The first-order valence-electron chi connectivity index (χ1n) is 11.8. The van der Waals surface area contributed by atoms with Gasteiger partial charge in [0.2, 0.25) is 0 Å². The van der Waals surface area contributed by atoms with Gasteiger partial charge in [-0.15, -0.1) is 0 Å². The first kappa shape index (κ1) is 23.1. The van der Waals surface area contributed by atoms with Crippen molar-refractivity contribution in [1.82, 2.24) is 10.2 Å². The average molecular weight is 452 g/mol. The SMILES string of the molecule is COc1ccccc1OCC(=O)Nc1ccc(C(=O)NCC2CCCN3CCCCC23)cc1. The van der Waals surface area contributed by atoms with Crippen LogP contribution in [-0.2, 0) is 4.79 Å². The zero-order valence-corrected chi connectivity index (χ0v) is 19.2. The van der Waals surface area contributed by atoms with Crippen LogP contribution < -0.4 is 20.1 Å². The summed E-state index contributed by atoms with van der Waals surface area (Å²) < 4.78 is 10.8. The molecule has 2 aromatic rings. The minimum absolute atomic E-state index is 0.0692. The number of rotatable bonds is 8. The number of benzene rings is 2. The van der Waals surface area contributed by atoms with Gasteiger partial charge in [0.15, 0.2) is 18.1 Å². The Labute approximate surface area is 195 Å². The van der Waals surface area contributed by atoms with Gasteiger partial charge in [-0.1, -0.05) is 18.6 Å². The van der Waals surface area contributed by atoms with Crippen LogP contribution in [0.4, 0.5) is 5.69 Å². The Kier molecular flexibility index (Phi) is 7.83. The molecule has 0 aromatic heterocycles. The molecule has 2 aromatic carbocycles. The second-order valence-electron chi connectivity index (χ2n) is 8.78. The van der Waals surface area contributed by atoms with Gasteiger partial charge in [-0.25, -0.2) is 0 Å². The number of anilines is 1. The predicted molar refractivity (Wildman–Crippen MR) is 128 cm³/mol.